The number of benzene rings is 1. The average Bonchev–Trinajstić information content (AvgIpc) is 2.80. The number of aromatic nitrogens is 3. The van der Waals surface area contributed by atoms with E-state index in [9.17, 15) is 9.59 Å². The van der Waals surface area contributed by atoms with Gasteiger partial charge < -0.3 is 10.3 Å². The van der Waals surface area contributed by atoms with Crippen molar-refractivity contribution in [2.24, 2.45) is 12.8 Å². The van der Waals surface area contributed by atoms with Crippen molar-refractivity contribution in [2.45, 2.75) is 17.3 Å². The number of primary amides is 1. The molecule has 0 unspecified atom stereocenters. The van der Waals surface area contributed by atoms with Gasteiger partial charge in [-0.15, -0.1) is 10.2 Å². The van der Waals surface area contributed by atoms with Crippen molar-refractivity contribution in [2.75, 3.05) is 0 Å². The zero-order valence-corrected chi connectivity index (χ0v) is 13.5. The molecule has 3 amide bonds. The quantitative estimate of drug-likeness (QED) is 0.827. The molecule has 7 nitrogen and oxygen atoms in total. The average molecular weight is 340 g/mol. The molecule has 0 aliphatic rings. The molecular formula is C13H14ClN5O2S. The summed E-state index contributed by atoms with van der Waals surface area (Å²) < 4.78 is 1.74. The van der Waals surface area contributed by atoms with E-state index in [-0.39, 0.29) is 0 Å². The predicted molar refractivity (Wildman–Crippen MR) is 84.5 cm³/mol. The summed E-state index contributed by atoms with van der Waals surface area (Å²) in [6.07, 6.45) is 0. The molecule has 0 bridgehead atoms. The van der Waals surface area contributed by atoms with Crippen molar-refractivity contribution in [3.05, 3.63) is 29.3 Å². The summed E-state index contributed by atoms with van der Waals surface area (Å²) in [5.74, 6) is 0.107. The molecule has 0 aliphatic carbocycles. The summed E-state index contributed by atoms with van der Waals surface area (Å²) >= 11 is 7.32. The van der Waals surface area contributed by atoms with Gasteiger partial charge in [-0.1, -0.05) is 35.5 Å². The van der Waals surface area contributed by atoms with Crippen molar-refractivity contribution in [1.82, 2.24) is 20.1 Å². The number of carbonyl (C=O) groups is 2. The third-order valence-corrected chi connectivity index (χ3v) is 4.31. The van der Waals surface area contributed by atoms with Crippen LogP contribution in [0.1, 0.15) is 6.92 Å². The summed E-state index contributed by atoms with van der Waals surface area (Å²) in [7, 11) is 1.78. The van der Waals surface area contributed by atoms with Crippen LogP contribution in [0.2, 0.25) is 5.02 Å². The third-order valence-electron chi connectivity index (χ3n) is 2.85. The van der Waals surface area contributed by atoms with Crippen molar-refractivity contribution >= 4 is 35.3 Å². The van der Waals surface area contributed by atoms with E-state index in [1.54, 1.807) is 24.6 Å². The Morgan fingerprint density at radius 1 is 1.36 bits per heavy atom. The van der Waals surface area contributed by atoms with Gasteiger partial charge in [0, 0.05) is 12.6 Å². The first kappa shape index (κ1) is 16.3. The topological polar surface area (TPSA) is 103 Å². The van der Waals surface area contributed by atoms with E-state index in [1.165, 1.54) is 11.8 Å². The van der Waals surface area contributed by atoms with Crippen molar-refractivity contribution in [3.63, 3.8) is 0 Å². The maximum atomic E-state index is 11.7. The Labute approximate surface area is 136 Å². The molecule has 22 heavy (non-hydrogen) atoms. The Balaban J connectivity index is 2.20. The Hall–Kier alpha value is -2.06. The molecule has 2 aromatic rings. The highest BCUT2D eigenvalue weighted by Crippen LogP contribution is 2.29. The first-order valence-electron chi connectivity index (χ1n) is 6.31. The van der Waals surface area contributed by atoms with Gasteiger partial charge in [0.25, 0.3) is 0 Å². The summed E-state index contributed by atoms with van der Waals surface area (Å²) in [4.78, 5) is 22.4. The van der Waals surface area contributed by atoms with Crippen molar-refractivity contribution < 1.29 is 9.59 Å². The van der Waals surface area contributed by atoms with Gasteiger partial charge in [-0.05, 0) is 19.1 Å². The number of carbonyl (C=O) groups excluding carboxylic acids is 2. The van der Waals surface area contributed by atoms with E-state index in [2.05, 4.69) is 10.2 Å². The minimum absolute atomic E-state index is 0.486. The fourth-order valence-electron chi connectivity index (χ4n) is 1.73. The number of amides is 3. The molecule has 9 heteroatoms. The monoisotopic (exact) mass is 339 g/mol. The molecule has 0 aliphatic heterocycles. The zero-order valence-electron chi connectivity index (χ0n) is 11.9. The molecule has 2 rings (SSSR count). The summed E-state index contributed by atoms with van der Waals surface area (Å²) in [6.45, 7) is 1.65. The lowest BCUT2D eigenvalue weighted by Gasteiger charge is -2.10. The smallest absolute Gasteiger partial charge is 0.318 e. The molecule has 1 atom stereocenters. The normalized spacial score (nSPS) is 12.0. The van der Waals surface area contributed by atoms with Crippen LogP contribution in [0, 0.1) is 0 Å². The highest BCUT2D eigenvalue weighted by molar-refractivity contribution is 8.00. The zero-order chi connectivity index (χ0) is 16.3. The molecule has 1 aromatic heterocycles. The number of nitrogens with zero attached hydrogens (tertiary/aromatic N) is 3. The summed E-state index contributed by atoms with van der Waals surface area (Å²) in [6, 6.07) is 6.40. The maximum Gasteiger partial charge on any atom is 0.318 e. The Morgan fingerprint density at radius 2 is 2.05 bits per heavy atom. The Morgan fingerprint density at radius 3 is 2.68 bits per heavy atom. The fourth-order valence-corrected chi connectivity index (χ4v) is 2.76. The largest absolute Gasteiger partial charge is 0.351 e. The van der Waals surface area contributed by atoms with Gasteiger partial charge in [0.1, 0.15) is 0 Å². The van der Waals surface area contributed by atoms with Crippen LogP contribution in [-0.4, -0.2) is 32.0 Å². The number of halogens is 1. The van der Waals surface area contributed by atoms with Crippen molar-refractivity contribution in [3.8, 4) is 11.4 Å². The van der Waals surface area contributed by atoms with E-state index < -0.39 is 17.2 Å². The van der Waals surface area contributed by atoms with E-state index >= 15 is 0 Å². The summed E-state index contributed by atoms with van der Waals surface area (Å²) in [5.41, 5.74) is 5.67. The van der Waals surface area contributed by atoms with Crippen LogP contribution in [0.3, 0.4) is 0 Å². The van der Waals surface area contributed by atoms with E-state index in [1.807, 2.05) is 23.5 Å². The van der Waals surface area contributed by atoms with Crippen LogP contribution >= 0.6 is 23.4 Å². The number of urea groups is 1. The van der Waals surface area contributed by atoms with Gasteiger partial charge in [-0.3, -0.25) is 10.1 Å². The second-order valence-corrected chi connectivity index (χ2v) is 6.17. The third kappa shape index (κ3) is 3.58. The molecule has 116 valence electrons. The standard InChI is InChI=1S/C13H14ClN5O2S/c1-7(11(20)16-12(15)21)22-13-18-17-10(19(13)2)8-5-3-4-6-9(8)14/h3-7H,1-2H3,(H3,15,16,20,21)/t7-/m0/s1. The molecule has 0 fully saturated rings. The highest BCUT2D eigenvalue weighted by Gasteiger charge is 2.20. The molecule has 0 saturated heterocycles. The van der Waals surface area contributed by atoms with E-state index in [0.29, 0.717) is 16.0 Å². The number of nitrogens with one attached hydrogen (secondary N) is 1. The van der Waals surface area contributed by atoms with Crippen LogP contribution in [0.4, 0.5) is 4.79 Å². The second kappa shape index (κ2) is 6.80. The maximum absolute atomic E-state index is 11.7. The number of hydrogen-bond donors (Lipinski definition) is 2. The van der Waals surface area contributed by atoms with Gasteiger partial charge in [0.2, 0.25) is 5.91 Å². The van der Waals surface area contributed by atoms with E-state index in [0.717, 1.165) is 5.56 Å². The second-order valence-electron chi connectivity index (χ2n) is 4.46. The molecule has 0 radical (unpaired) electrons. The Bertz CT molecular complexity index is 718. The first-order valence-corrected chi connectivity index (χ1v) is 7.57. The Kier molecular flexibility index (Phi) is 5.04. The predicted octanol–water partition coefficient (Wildman–Crippen LogP) is 1.81. The minimum atomic E-state index is -0.882. The van der Waals surface area contributed by atoms with E-state index in [4.69, 9.17) is 17.3 Å². The van der Waals surface area contributed by atoms with Gasteiger partial charge in [-0.2, -0.15) is 0 Å². The number of thioether (sulfide) groups is 1. The number of hydrogen-bond acceptors (Lipinski definition) is 5. The molecular weight excluding hydrogens is 326 g/mol. The van der Waals surface area contributed by atoms with Crippen LogP contribution in [0.25, 0.3) is 11.4 Å². The lowest BCUT2D eigenvalue weighted by Crippen LogP contribution is -2.39. The van der Waals surface area contributed by atoms with Crippen LogP contribution in [0.5, 0.6) is 0 Å². The molecule has 0 saturated carbocycles. The summed E-state index contributed by atoms with van der Waals surface area (Å²) in [5, 5.41) is 10.7. The van der Waals surface area contributed by atoms with Crippen LogP contribution < -0.4 is 11.1 Å². The SMILES string of the molecule is C[C@H](Sc1nnc(-c2ccccc2Cl)n1C)C(=O)NC(N)=O. The van der Waals surface area contributed by atoms with Gasteiger partial charge >= 0.3 is 6.03 Å². The van der Waals surface area contributed by atoms with Crippen LogP contribution in [-0.2, 0) is 11.8 Å². The van der Waals surface area contributed by atoms with Crippen LogP contribution in [0.15, 0.2) is 29.4 Å². The molecule has 0 spiro atoms. The van der Waals surface area contributed by atoms with Gasteiger partial charge in [0.05, 0.1) is 10.3 Å². The van der Waals surface area contributed by atoms with Gasteiger partial charge in [-0.25, -0.2) is 4.79 Å². The highest BCUT2D eigenvalue weighted by atomic mass is 35.5. The minimum Gasteiger partial charge on any atom is -0.351 e. The molecule has 1 heterocycles. The van der Waals surface area contributed by atoms with Gasteiger partial charge in [0.15, 0.2) is 11.0 Å². The number of nitrogens with two attached hydrogens (primary N) is 1. The lowest BCUT2D eigenvalue weighted by atomic mass is 10.2. The molecule has 3 N–H and O–H groups in total. The first-order chi connectivity index (χ1) is 10.4. The van der Waals surface area contributed by atoms with Crippen molar-refractivity contribution in [1.29, 1.82) is 0 Å². The lowest BCUT2D eigenvalue weighted by molar-refractivity contribution is -0.119. The fraction of sp³-hybridized carbons (Fsp3) is 0.231. The number of imide groups is 1. The number of rotatable bonds is 4. The molecule has 1 aromatic carbocycles.